The number of hydrogen-bond donors (Lipinski definition) is 2. The molecule has 0 atom stereocenters. The Morgan fingerprint density at radius 1 is 0.647 bits per heavy atom. The van der Waals surface area contributed by atoms with Crippen molar-refractivity contribution in [1.82, 2.24) is 0 Å². The summed E-state index contributed by atoms with van der Waals surface area (Å²) >= 11 is 0.890. The van der Waals surface area contributed by atoms with E-state index in [-0.39, 0.29) is 0 Å². The van der Waals surface area contributed by atoms with Crippen LogP contribution < -0.4 is 19.8 Å². The van der Waals surface area contributed by atoms with Gasteiger partial charge in [0, 0.05) is 11.4 Å². The van der Waals surface area contributed by atoms with Gasteiger partial charge in [0.25, 0.3) is 12.3 Å². The SMILES string of the molecule is Nc1ccc(OSOc2ccc(N)cc2)cc1. The Balaban J connectivity index is 1.83. The Bertz CT molecular complexity index is 425. The number of benzene rings is 2. The first-order valence-electron chi connectivity index (χ1n) is 4.96. The van der Waals surface area contributed by atoms with Gasteiger partial charge in [0.1, 0.15) is 11.5 Å². The van der Waals surface area contributed by atoms with Crippen molar-refractivity contribution in [2.45, 2.75) is 0 Å². The van der Waals surface area contributed by atoms with E-state index in [1.165, 1.54) is 0 Å². The van der Waals surface area contributed by atoms with Gasteiger partial charge < -0.3 is 19.8 Å². The highest BCUT2D eigenvalue weighted by atomic mass is 32.2. The smallest absolute Gasteiger partial charge is 0.293 e. The quantitative estimate of drug-likeness (QED) is 0.643. The fourth-order valence-corrected chi connectivity index (χ4v) is 1.56. The van der Waals surface area contributed by atoms with E-state index < -0.39 is 0 Å². The molecule has 0 aromatic heterocycles. The molecule has 0 heterocycles. The van der Waals surface area contributed by atoms with Crippen LogP contribution in [-0.2, 0) is 0 Å². The molecule has 2 aromatic carbocycles. The molecule has 0 bridgehead atoms. The van der Waals surface area contributed by atoms with Gasteiger partial charge in [-0.3, -0.25) is 0 Å². The average Bonchev–Trinajstić information content (AvgIpc) is 2.34. The molecule has 0 unspecified atom stereocenters. The zero-order valence-corrected chi connectivity index (χ0v) is 9.81. The molecule has 2 aromatic rings. The van der Waals surface area contributed by atoms with Gasteiger partial charge in [-0.15, -0.1) is 0 Å². The van der Waals surface area contributed by atoms with E-state index in [0.29, 0.717) is 22.9 Å². The standard InChI is InChI=1S/C12H12N2O2S/c13-9-1-5-11(6-2-9)15-17-16-12-7-3-10(14)4-8-12/h1-8H,13-14H2. The zero-order valence-electron chi connectivity index (χ0n) is 9.00. The Labute approximate surface area is 104 Å². The van der Waals surface area contributed by atoms with Crippen LogP contribution in [0.5, 0.6) is 11.5 Å². The number of anilines is 2. The second-order valence-electron chi connectivity index (χ2n) is 3.37. The summed E-state index contributed by atoms with van der Waals surface area (Å²) in [6.45, 7) is 0. The van der Waals surface area contributed by atoms with E-state index in [4.69, 9.17) is 19.8 Å². The minimum atomic E-state index is 0.680. The molecule has 0 saturated carbocycles. The van der Waals surface area contributed by atoms with Gasteiger partial charge in [-0.1, -0.05) is 0 Å². The van der Waals surface area contributed by atoms with Crippen LogP contribution in [0, 0.1) is 0 Å². The van der Waals surface area contributed by atoms with Gasteiger partial charge in [-0.25, -0.2) is 0 Å². The lowest BCUT2D eigenvalue weighted by molar-refractivity contribution is 0.540. The lowest BCUT2D eigenvalue weighted by Crippen LogP contribution is -1.89. The van der Waals surface area contributed by atoms with Crippen molar-refractivity contribution in [2.75, 3.05) is 11.5 Å². The molecule has 2 rings (SSSR count). The third-order valence-corrected chi connectivity index (χ3v) is 2.54. The molecular formula is C12H12N2O2S. The van der Waals surface area contributed by atoms with Gasteiger partial charge >= 0.3 is 0 Å². The van der Waals surface area contributed by atoms with Gasteiger partial charge in [0.2, 0.25) is 0 Å². The molecule has 4 N–H and O–H groups in total. The molecule has 0 aliphatic rings. The summed E-state index contributed by atoms with van der Waals surface area (Å²) in [5.41, 5.74) is 12.5. The number of rotatable bonds is 4. The van der Waals surface area contributed by atoms with E-state index in [9.17, 15) is 0 Å². The second kappa shape index (κ2) is 5.36. The molecular weight excluding hydrogens is 236 g/mol. The molecule has 0 aliphatic carbocycles. The zero-order chi connectivity index (χ0) is 12.1. The lowest BCUT2D eigenvalue weighted by atomic mass is 10.3. The van der Waals surface area contributed by atoms with E-state index in [1.807, 2.05) is 0 Å². The minimum Gasteiger partial charge on any atom is -0.399 e. The second-order valence-corrected chi connectivity index (χ2v) is 3.84. The van der Waals surface area contributed by atoms with Gasteiger partial charge in [0.15, 0.2) is 0 Å². The van der Waals surface area contributed by atoms with Gasteiger partial charge in [0.05, 0.1) is 0 Å². The van der Waals surface area contributed by atoms with Crippen LogP contribution in [0.4, 0.5) is 11.4 Å². The van der Waals surface area contributed by atoms with Crippen molar-refractivity contribution >= 4 is 23.7 Å². The van der Waals surface area contributed by atoms with Crippen molar-refractivity contribution in [3.8, 4) is 11.5 Å². The predicted octanol–water partition coefficient (Wildman–Crippen LogP) is 2.87. The summed E-state index contributed by atoms with van der Waals surface area (Å²) in [7, 11) is 0. The molecule has 0 spiro atoms. The number of nitrogens with two attached hydrogens (primary N) is 2. The summed E-state index contributed by atoms with van der Waals surface area (Å²) in [6, 6.07) is 14.1. The summed E-state index contributed by atoms with van der Waals surface area (Å²) in [5.74, 6) is 1.36. The highest BCUT2D eigenvalue weighted by molar-refractivity contribution is 7.90. The molecule has 4 nitrogen and oxygen atoms in total. The number of nitrogen functional groups attached to an aromatic ring is 2. The monoisotopic (exact) mass is 248 g/mol. The van der Waals surface area contributed by atoms with Gasteiger partial charge in [-0.2, -0.15) is 0 Å². The number of hydrogen-bond acceptors (Lipinski definition) is 5. The maximum Gasteiger partial charge on any atom is 0.293 e. The highest BCUT2D eigenvalue weighted by Crippen LogP contribution is 2.22. The fraction of sp³-hybridized carbons (Fsp3) is 0. The van der Waals surface area contributed by atoms with Crippen LogP contribution >= 0.6 is 12.3 Å². The average molecular weight is 248 g/mol. The summed E-state index contributed by atoms with van der Waals surface area (Å²) in [5, 5.41) is 0. The Morgan fingerprint density at radius 2 is 1.00 bits per heavy atom. The van der Waals surface area contributed by atoms with Crippen LogP contribution in [-0.4, -0.2) is 0 Å². The third kappa shape index (κ3) is 3.49. The maximum atomic E-state index is 5.56. The van der Waals surface area contributed by atoms with Crippen molar-refractivity contribution in [2.24, 2.45) is 0 Å². The summed E-state index contributed by atoms with van der Waals surface area (Å²) in [4.78, 5) is 0. The molecule has 0 saturated heterocycles. The van der Waals surface area contributed by atoms with Crippen LogP contribution in [0.1, 0.15) is 0 Å². The van der Waals surface area contributed by atoms with Gasteiger partial charge in [-0.05, 0) is 48.5 Å². The molecule has 0 amide bonds. The minimum absolute atomic E-state index is 0.680. The Morgan fingerprint density at radius 3 is 1.35 bits per heavy atom. The van der Waals surface area contributed by atoms with Crippen LogP contribution in [0.25, 0.3) is 0 Å². The third-order valence-electron chi connectivity index (χ3n) is 2.02. The maximum absolute atomic E-state index is 5.56. The van der Waals surface area contributed by atoms with Crippen molar-refractivity contribution in [3.63, 3.8) is 0 Å². The lowest BCUT2D eigenvalue weighted by Gasteiger charge is -2.04. The van der Waals surface area contributed by atoms with E-state index >= 15 is 0 Å². The molecule has 0 aliphatic heterocycles. The predicted molar refractivity (Wildman–Crippen MR) is 70.6 cm³/mol. The first-order valence-corrected chi connectivity index (χ1v) is 5.63. The first kappa shape index (κ1) is 11.5. The summed E-state index contributed by atoms with van der Waals surface area (Å²) in [6.07, 6.45) is 0. The van der Waals surface area contributed by atoms with Crippen LogP contribution in [0.2, 0.25) is 0 Å². The molecule has 5 heteroatoms. The van der Waals surface area contributed by atoms with Crippen molar-refractivity contribution in [1.29, 1.82) is 0 Å². The van der Waals surface area contributed by atoms with Crippen molar-refractivity contribution < 1.29 is 8.37 Å². The molecule has 88 valence electrons. The molecule has 17 heavy (non-hydrogen) atoms. The Hall–Kier alpha value is -2.01. The van der Waals surface area contributed by atoms with Crippen LogP contribution in [0.15, 0.2) is 48.5 Å². The largest absolute Gasteiger partial charge is 0.399 e. The van der Waals surface area contributed by atoms with E-state index in [2.05, 4.69) is 0 Å². The summed E-state index contributed by atoms with van der Waals surface area (Å²) < 4.78 is 10.6. The molecule has 0 fully saturated rings. The molecule has 0 radical (unpaired) electrons. The van der Waals surface area contributed by atoms with E-state index in [1.54, 1.807) is 48.5 Å². The van der Waals surface area contributed by atoms with Crippen molar-refractivity contribution in [3.05, 3.63) is 48.5 Å². The fourth-order valence-electron chi connectivity index (χ4n) is 1.14. The normalized spacial score (nSPS) is 9.88. The van der Waals surface area contributed by atoms with E-state index in [0.717, 1.165) is 12.3 Å². The first-order chi connectivity index (χ1) is 8.24. The van der Waals surface area contributed by atoms with Crippen LogP contribution in [0.3, 0.4) is 0 Å². The topological polar surface area (TPSA) is 70.5 Å². The Kier molecular flexibility index (Phi) is 3.62. The highest BCUT2D eigenvalue weighted by Gasteiger charge is 1.98.